The fourth-order valence-electron chi connectivity index (χ4n) is 1.18. The maximum absolute atomic E-state index is 12.8. The van der Waals surface area contributed by atoms with Crippen molar-refractivity contribution in [3.05, 3.63) is 24.3 Å². The quantitative estimate of drug-likeness (QED) is 0.542. The minimum Gasteiger partial charge on any atom is -0.487 e. The molecule has 1 aromatic carbocycles. The fourth-order valence-corrected chi connectivity index (χ4v) is 1.55. The topological polar surface area (TPSA) is 61.8 Å². The van der Waals surface area contributed by atoms with Crippen LogP contribution in [0.3, 0.4) is 0 Å². The number of hydrogen-bond donors (Lipinski definition) is 0. The second-order valence-electron chi connectivity index (χ2n) is 3.62. The molecule has 1 atom stereocenters. The van der Waals surface area contributed by atoms with Gasteiger partial charge in [0.1, 0.15) is 13.2 Å². The van der Waals surface area contributed by atoms with Gasteiger partial charge in [-0.3, -0.25) is 4.18 Å². The van der Waals surface area contributed by atoms with Crippen LogP contribution in [0.2, 0.25) is 0 Å². The predicted molar refractivity (Wildman–Crippen MR) is 64.3 cm³/mol. The standard InChI is InChI=1S/C11H13F3O5S/c1-20(15,16)18-7-6-17-8-4-2-3-5-9(8)19-11(14)10(12)13/h2-5,10-11H,6-7H2,1H3. The molecule has 0 radical (unpaired) electrons. The maximum atomic E-state index is 12.8. The Kier molecular flexibility index (Phi) is 6.08. The van der Waals surface area contributed by atoms with Crippen molar-refractivity contribution in [3.8, 4) is 11.5 Å². The first-order valence-corrected chi connectivity index (χ1v) is 7.26. The van der Waals surface area contributed by atoms with Crippen LogP contribution in [-0.4, -0.2) is 40.7 Å². The SMILES string of the molecule is CS(=O)(=O)OCCOc1ccccc1OC(F)C(F)F. The summed E-state index contributed by atoms with van der Waals surface area (Å²) in [6.45, 7) is -0.430. The summed E-state index contributed by atoms with van der Waals surface area (Å²) in [5.74, 6) is -0.201. The minimum atomic E-state index is -3.59. The van der Waals surface area contributed by atoms with Crippen LogP contribution in [-0.2, 0) is 14.3 Å². The lowest BCUT2D eigenvalue weighted by Gasteiger charge is -2.14. The Morgan fingerprint density at radius 2 is 1.70 bits per heavy atom. The normalized spacial score (nSPS) is 13.2. The molecule has 0 aliphatic heterocycles. The Bertz CT molecular complexity index is 521. The lowest BCUT2D eigenvalue weighted by atomic mass is 10.3. The molecule has 0 aliphatic rings. The molecule has 0 spiro atoms. The Balaban J connectivity index is 2.57. The molecule has 0 saturated heterocycles. The summed E-state index contributed by atoms with van der Waals surface area (Å²) in [5.41, 5.74) is 0. The van der Waals surface area contributed by atoms with Crippen LogP contribution in [0.1, 0.15) is 0 Å². The van der Waals surface area contributed by atoms with Gasteiger partial charge in [-0.1, -0.05) is 12.1 Å². The van der Waals surface area contributed by atoms with Gasteiger partial charge in [-0.15, -0.1) is 0 Å². The summed E-state index contributed by atoms with van der Waals surface area (Å²) in [4.78, 5) is 0. The highest BCUT2D eigenvalue weighted by atomic mass is 32.2. The van der Waals surface area contributed by atoms with Gasteiger partial charge < -0.3 is 9.47 Å². The smallest absolute Gasteiger partial charge is 0.304 e. The molecular formula is C11H13F3O5S. The molecule has 5 nitrogen and oxygen atoms in total. The molecule has 1 unspecified atom stereocenters. The Hall–Kier alpha value is -1.48. The molecule has 1 aromatic rings. The van der Waals surface area contributed by atoms with Crippen molar-refractivity contribution in [2.45, 2.75) is 12.8 Å². The van der Waals surface area contributed by atoms with Crippen LogP contribution in [0.4, 0.5) is 13.2 Å². The van der Waals surface area contributed by atoms with Crippen molar-refractivity contribution in [3.63, 3.8) is 0 Å². The van der Waals surface area contributed by atoms with Crippen LogP contribution in [0.15, 0.2) is 24.3 Å². The van der Waals surface area contributed by atoms with Crippen molar-refractivity contribution in [2.24, 2.45) is 0 Å². The van der Waals surface area contributed by atoms with Gasteiger partial charge in [-0.2, -0.15) is 12.8 Å². The minimum absolute atomic E-state index is 0.00732. The van der Waals surface area contributed by atoms with Gasteiger partial charge >= 0.3 is 6.43 Å². The van der Waals surface area contributed by atoms with E-state index in [-0.39, 0.29) is 24.7 Å². The number of alkyl halides is 3. The molecule has 0 aliphatic carbocycles. The Labute approximate surface area is 114 Å². The molecule has 0 amide bonds. The van der Waals surface area contributed by atoms with Crippen LogP contribution in [0.5, 0.6) is 11.5 Å². The molecule has 9 heteroatoms. The van der Waals surface area contributed by atoms with E-state index in [0.717, 1.165) is 6.26 Å². The van der Waals surface area contributed by atoms with E-state index < -0.39 is 22.9 Å². The highest BCUT2D eigenvalue weighted by molar-refractivity contribution is 7.85. The average Bonchev–Trinajstić information content (AvgIpc) is 2.35. The number of rotatable bonds is 8. The van der Waals surface area contributed by atoms with E-state index in [1.165, 1.54) is 24.3 Å². The van der Waals surface area contributed by atoms with Gasteiger partial charge in [0.15, 0.2) is 11.5 Å². The number of halogens is 3. The average molecular weight is 314 g/mol. The summed E-state index contributed by atoms with van der Waals surface area (Å²) in [6.07, 6.45) is -5.18. The Morgan fingerprint density at radius 3 is 2.25 bits per heavy atom. The van der Waals surface area contributed by atoms with Crippen molar-refractivity contribution in [2.75, 3.05) is 19.5 Å². The molecule has 0 aromatic heterocycles. The highest BCUT2D eigenvalue weighted by Gasteiger charge is 2.22. The van der Waals surface area contributed by atoms with E-state index in [0.29, 0.717) is 0 Å². The van der Waals surface area contributed by atoms with Crippen molar-refractivity contribution < 1.29 is 35.2 Å². The third kappa shape index (κ3) is 6.11. The molecular weight excluding hydrogens is 301 g/mol. The fraction of sp³-hybridized carbons (Fsp3) is 0.455. The first-order chi connectivity index (χ1) is 9.29. The molecule has 0 fully saturated rings. The zero-order valence-corrected chi connectivity index (χ0v) is 11.3. The summed E-state index contributed by atoms with van der Waals surface area (Å²) in [5, 5.41) is 0. The summed E-state index contributed by atoms with van der Waals surface area (Å²) in [7, 11) is -3.59. The summed E-state index contributed by atoms with van der Waals surface area (Å²) >= 11 is 0. The molecule has 0 heterocycles. The molecule has 0 bridgehead atoms. The summed E-state index contributed by atoms with van der Waals surface area (Å²) in [6, 6.07) is 5.60. The molecule has 0 saturated carbocycles. The second kappa shape index (κ2) is 7.34. The van der Waals surface area contributed by atoms with E-state index in [2.05, 4.69) is 8.92 Å². The van der Waals surface area contributed by atoms with Gasteiger partial charge in [0, 0.05) is 0 Å². The van der Waals surface area contributed by atoms with E-state index in [4.69, 9.17) is 4.74 Å². The third-order valence-corrected chi connectivity index (χ3v) is 2.52. The van der Waals surface area contributed by atoms with Gasteiger partial charge in [0.05, 0.1) is 6.26 Å². The Morgan fingerprint density at radius 1 is 1.10 bits per heavy atom. The van der Waals surface area contributed by atoms with Gasteiger partial charge in [-0.05, 0) is 12.1 Å². The van der Waals surface area contributed by atoms with Crippen molar-refractivity contribution in [1.82, 2.24) is 0 Å². The molecule has 0 N–H and O–H groups in total. The zero-order chi connectivity index (χ0) is 15.2. The van der Waals surface area contributed by atoms with Crippen molar-refractivity contribution in [1.29, 1.82) is 0 Å². The molecule has 114 valence electrons. The third-order valence-electron chi connectivity index (χ3n) is 1.93. The number of hydrogen-bond acceptors (Lipinski definition) is 5. The highest BCUT2D eigenvalue weighted by Crippen LogP contribution is 2.28. The van der Waals surface area contributed by atoms with Crippen molar-refractivity contribution >= 4 is 10.1 Å². The van der Waals surface area contributed by atoms with E-state index in [1.54, 1.807) is 0 Å². The van der Waals surface area contributed by atoms with E-state index in [1.807, 2.05) is 0 Å². The lowest BCUT2D eigenvalue weighted by molar-refractivity contribution is -0.0680. The molecule has 1 rings (SSSR count). The zero-order valence-electron chi connectivity index (χ0n) is 10.5. The van der Waals surface area contributed by atoms with E-state index >= 15 is 0 Å². The first kappa shape index (κ1) is 16.6. The number of para-hydroxylation sites is 2. The van der Waals surface area contributed by atoms with Gasteiger partial charge in [0.2, 0.25) is 0 Å². The number of benzene rings is 1. The van der Waals surface area contributed by atoms with Crippen LogP contribution < -0.4 is 9.47 Å². The van der Waals surface area contributed by atoms with E-state index in [9.17, 15) is 21.6 Å². The predicted octanol–water partition coefficient (Wildman–Crippen LogP) is 1.98. The van der Waals surface area contributed by atoms with Crippen LogP contribution in [0.25, 0.3) is 0 Å². The maximum Gasteiger partial charge on any atom is 0.304 e. The lowest BCUT2D eigenvalue weighted by Crippen LogP contribution is -2.20. The second-order valence-corrected chi connectivity index (χ2v) is 5.27. The van der Waals surface area contributed by atoms with Crippen LogP contribution in [0, 0.1) is 0 Å². The van der Waals surface area contributed by atoms with Gasteiger partial charge in [0.25, 0.3) is 16.5 Å². The largest absolute Gasteiger partial charge is 0.487 e. The first-order valence-electron chi connectivity index (χ1n) is 5.44. The monoisotopic (exact) mass is 314 g/mol. The van der Waals surface area contributed by atoms with Gasteiger partial charge in [-0.25, -0.2) is 8.78 Å². The molecule has 20 heavy (non-hydrogen) atoms. The van der Waals surface area contributed by atoms with Crippen LogP contribution >= 0.6 is 0 Å². The summed E-state index contributed by atoms with van der Waals surface area (Å²) < 4.78 is 72.2. The number of ether oxygens (including phenoxy) is 2.